The van der Waals surface area contributed by atoms with Gasteiger partial charge in [-0.2, -0.15) is 0 Å². The molecule has 2 N–H and O–H groups in total. The number of ether oxygens (including phenoxy) is 1. The fourth-order valence-corrected chi connectivity index (χ4v) is 4.11. The Morgan fingerprint density at radius 2 is 1.79 bits per heavy atom. The number of benzene rings is 1. The lowest BCUT2D eigenvalue weighted by atomic mass is 10.1. The number of sulfonamides is 1. The van der Waals surface area contributed by atoms with Crippen molar-refractivity contribution in [2.45, 2.75) is 51.0 Å². The van der Waals surface area contributed by atoms with Gasteiger partial charge in [0.05, 0.1) is 17.4 Å². The van der Waals surface area contributed by atoms with Gasteiger partial charge in [0, 0.05) is 24.5 Å². The molecular formula is C19H29Cl2NO6S. The third-order valence-electron chi connectivity index (χ3n) is 4.29. The number of hydrogen-bond acceptors (Lipinski definition) is 5. The van der Waals surface area contributed by atoms with Crippen LogP contribution in [0.1, 0.15) is 44.9 Å². The molecule has 0 saturated carbocycles. The van der Waals surface area contributed by atoms with Gasteiger partial charge in [-0.1, -0.05) is 36.0 Å². The molecule has 0 aliphatic rings. The lowest BCUT2D eigenvalue weighted by Gasteiger charge is -2.21. The summed E-state index contributed by atoms with van der Waals surface area (Å²) < 4.78 is 30.7. The number of aliphatic hydroxyl groups excluding tert-OH is 1. The predicted molar refractivity (Wildman–Crippen MR) is 114 cm³/mol. The van der Waals surface area contributed by atoms with Crippen molar-refractivity contribution in [2.24, 2.45) is 0 Å². The maximum Gasteiger partial charge on any atom is 0.303 e. The zero-order valence-electron chi connectivity index (χ0n) is 16.5. The van der Waals surface area contributed by atoms with Gasteiger partial charge in [0.25, 0.3) is 0 Å². The van der Waals surface area contributed by atoms with Crippen LogP contribution < -0.4 is 4.74 Å². The van der Waals surface area contributed by atoms with Crippen LogP contribution in [0.4, 0.5) is 0 Å². The van der Waals surface area contributed by atoms with Crippen LogP contribution in [0.15, 0.2) is 18.2 Å². The van der Waals surface area contributed by atoms with Crippen LogP contribution in [0.3, 0.4) is 0 Å². The van der Waals surface area contributed by atoms with Gasteiger partial charge in [-0.3, -0.25) is 4.79 Å². The lowest BCUT2D eigenvalue weighted by Crippen LogP contribution is -2.32. The van der Waals surface area contributed by atoms with Crippen LogP contribution in [0.2, 0.25) is 10.0 Å². The van der Waals surface area contributed by atoms with E-state index in [0.717, 1.165) is 12.8 Å². The third-order valence-corrected chi connectivity index (χ3v) is 6.12. The molecule has 29 heavy (non-hydrogen) atoms. The average Bonchev–Trinajstić information content (AvgIpc) is 2.61. The molecule has 1 aromatic rings. The minimum atomic E-state index is -3.34. The summed E-state index contributed by atoms with van der Waals surface area (Å²) in [6.45, 7) is 0.745. The molecule has 1 rings (SSSR count). The van der Waals surface area contributed by atoms with E-state index < -0.39 is 22.1 Å². The van der Waals surface area contributed by atoms with Crippen LogP contribution in [-0.2, 0) is 14.8 Å². The molecule has 0 saturated heterocycles. The minimum absolute atomic E-state index is 0.0454. The maximum atomic E-state index is 11.9. The average molecular weight is 470 g/mol. The first-order valence-electron chi connectivity index (χ1n) is 9.52. The second-order valence-electron chi connectivity index (χ2n) is 6.90. The van der Waals surface area contributed by atoms with Gasteiger partial charge in [-0.05, 0) is 43.9 Å². The number of unbranched alkanes of at least 4 members (excludes halogenated alkanes) is 3. The molecule has 0 aliphatic heterocycles. The van der Waals surface area contributed by atoms with E-state index in [9.17, 15) is 18.3 Å². The summed E-state index contributed by atoms with van der Waals surface area (Å²) in [5.74, 6) is -0.389. The molecule has 0 heterocycles. The Balaban J connectivity index is 2.31. The van der Waals surface area contributed by atoms with Crippen LogP contribution >= 0.6 is 23.2 Å². The minimum Gasteiger partial charge on any atom is -0.489 e. The van der Waals surface area contributed by atoms with Gasteiger partial charge < -0.3 is 14.9 Å². The van der Waals surface area contributed by atoms with Gasteiger partial charge >= 0.3 is 5.97 Å². The summed E-state index contributed by atoms with van der Waals surface area (Å²) in [6.07, 6.45) is 4.23. The van der Waals surface area contributed by atoms with Crippen molar-refractivity contribution in [3.8, 4) is 5.75 Å². The van der Waals surface area contributed by atoms with Crippen molar-refractivity contribution >= 4 is 39.2 Å². The SMILES string of the molecule is CS(=O)(=O)N(CCCCCCC(=O)O)CCCC(O)COc1ccc(Cl)cc1Cl. The highest BCUT2D eigenvalue weighted by molar-refractivity contribution is 7.88. The standard InChI is InChI=1S/C19H29Cl2NO6S/c1-29(26,27)22(11-5-3-2-4-8-19(24)25)12-6-7-16(23)14-28-18-10-9-15(20)13-17(18)21/h9-10,13,16,23H,2-8,11-12,14H2,1H3,(H,24,25). The van der Waals surface area contributed by atoms with E-state index in [1.807, 2.05) is 0 Å². The zero-order chi connectivity index (χ0) is 21.9. The highest BCUT2D eigenvalue weighted by Gasteiger charge is 2.17. The Kier molecular flexibility index (Phi) is 11.9. The van der Waals surface area contributed by atoms with E-state index in [4.69, 9.17) is 33.0 Å². The van der Waals surface area contributed by atoms with Gasteiger partial charge in [0.15, 0.2) is 0 Å². The number of rotatable bonds is 15. The highest BCUT2D eigenvalue weighted by atomic mass is 35.5. The zero-order valence-corrected chi connectivity index (χ0v) is 18.8. The second kappa shape index (κ2) is 13.3. The molecule has 10 heteroatoms. The fourth-order valence-electron chi connectivity index (χ4n) is 2.73. The van der Waals surface area contributed by atoms with E-state index in [1.165, 1.54) is 10.6 Å². The summed E-state index contributed by atoms with van der Waals surface area (Å²) >= 11 is 11.8. The predicted octanol–water partition coefficient (Wildman–Crippen LogP) is 3.81. The molecule has 1 unspecified atom stereocenters. The molecule has 0 bridgehead atoms. The van der Waals surface area contributed by atoms with E-state index in [-0.39, 0.29) is 13.0 Å². The lowest BCUT2D eigenvalue weighted by molar-refractivity contribution is -0.137. The summed E-state index contributed by atoms with van der Waals surface area (Å²) in [5.41, 5.74) is 0. The van der Waals surface area contributed by atoms with Crippen molar-refractivity contribution in [3.63, 3.8) is 0 Å². The van der Waals surface area contributed by atoms with Crippen LogP contribution in [-0.4, -0.2) is 61.0 Å². The Hall–Kier alpha value is -1.06. The Bertz CT molecular complexity index is 744. The van der Waals surface area contributed by atoms with Crippen molar-refractivity contribution in [1.82, 2.24) is 4.31 Å². The Labute approximate surface area is 182 Å². The molecule has 0 spiro atoms. The molecule has 166 valence electrons. The van der Waals surface area contributed by atoms with Crippen molar-refractivity contribution in [2.75, 3.05) is 26.0 Å². The fraction of sp³-hybridized carbons (Fsp3) is 0.632. The number of carboxylic acids is 1. The largest absolute Gasteiger partial charge is 0.489 e. The number of aliphatic carboxylic acids is 1. The van der Waals surface area contributed by atoms with Gasteiger partial charge in [-0.15, -0.1) is 0 Å². The topological polar surface area (TPSA) is 104 Å². The molecule has 7 nitrogen and oxygen atoms in total. The van der Waals surface area contributed by atoms with Crippen LogP contribution in [0.25, 0.3) is 0 Å². The third kappa shape index (κ3) is 11.6. The summed E-state index contributed by atoms with van der Waals surface area (Å²) in [5, 5.41) is 19.5. The number of nitrogens with zero attached hydrogens (tertiary/aromatic N) is 1. The van der Waals surface area contributed by atoms with E-state index >= 15 is 0 Å². The first-order valence-corrected chi connectivity index (χ1v) is 12.1. The summed E-state index contributed by atoms with van der Waals surface area (Å²) in [6, 6.07) is 4.82. The van der Waals surface area contributed by atoms with Crippen LogP contribution in [0.5, 0.6) is 5.75 Å². The first kappa shape index (κ1) is 26.0. The maximum absolute atomic E-state index is 11.9. The number of carbonyl (C=O) groups is 1. The molecule has 1 atom stereocenters. The van der Waals surface area contributed by atoms with Crippen molar-refractivity contribution in [1.29, 1.82) is 0 Å². The van der Waals surface area contributed by atoms with E-state index in [2.05, 4.69) is 0 Å². The molecule has 0 amide bonds. The Morgan fingerprint density at radius 1 is 1.14 bits per heavy atom. The summed E-state index contributed by atoms with van der Waals surface area (Å²) in [7, 11) is -3.34. The quantitative estimate of drug-likeness (QED) is 0.378. The molecule has 0 aromatic heterocycles. The molecule has 0 fully saturated rings. The second-order valence-corrected chi connectivity index (χ2v) is 9.73. The highest BCUT2D eigenvalue weighted by Crippen LogP contribution is 2.27. The van der Waals surface area contributed by atoms with Crippen molar-refractivity contribution in [3.05, 3.63) is 28.2 Å². The first-order chi connectivity index (χ1) is 13.6. The Morgan fingerprint density at radius 3 is 2.41 bits per heavy atom. The molecular weight excluding hydrogens is 441 g/mol. The van der Waals surface area contributed by atoms with Gasteiger partial charge in [0.2, 0.25) is 10.0 Å². The smallest absolute Gasteiger partial charge is 0.303 e. The van der Waals surface area contributed by atoms with E-state index in [1.54, 1.807) is 18.2 Å². The summed E-state index contributed by atoms with van der Waals surface area (Å²) in [4.78, 5) is 10.5. The number of halogens is 2. The molecule has 1 aromatic carbocycles. The van der Waals surface area contributed by atoms with E-state index in [0.29, 0.717) is 54.6 Å². The van der Waals surface area contributed by atoms with Crippen molar-refractivity contribution < 1.29 is 28.2 Å². The number of carboxylic acid groups (broad SMARTS) is 1. The monoisotopic (exact) mass is 469 g/mol. The molecule has 0 aliphatic carbocycles. The normalized spacial score (nSPS) is 12.9. The van der Waals surface area contributed by atoms with Gasteiger partial charge in [-0.25, -0.2) is 12.7 Å². The number of hydrogen-bond donors (Lipinski definition) is 2. The van der Waals surface area contributed by atoms with Crippen LogP contribution in [0, 0.1) is 0 Å². The van der Waals surface area contributed by atoms with Gasteiger partial charge in [0.1, 0.15) is 12.4 Å². The molecule has 0 radical (unpaired) electrons. The number of aliphatic hydroxyl groups is 1.